The molecule has 4 heteroatoms. The molecule has 2 aromatic heterocycles. The van der Waals surface area contributed by atoms with E-state index in [0.29, 0.717) is 38.6 Å². The van der Waals surface area contributed by atoms with Gasteiger partial charge in [0.2, 0.25) is 0 Å². The summed E-state index contributed by atoms with van der Waals surface area (Å²) < 4.78 is 90.5. The lowest BCUT2D eigenvalue weighted by Gasteiger charge is -2.08. The van der Waals surface area contributed by atoms with Crippen LogP contribution in [0.2, 0.25) is 0 Å². The van der Waals surface area contributed by atoms with Crippen LogP contribution in [0.25, 0.3) is 78.4 Å². The third-order valence-corrected chi connectivity index (χ3v) is 7.10. The predicted molar refractivity (Wildman–Crippen MR) is 174 cm³/mol. The van der Waals surface area contributed by atoms with Crippen molar-refractivity contribution in [2.75, 3.05) is 0 Å². The van der Waals surface area contributed by atoms with Gasteiger partial charge in [0.1, 0.15) is 11.2 Å². The van der Waals surface area contributed by atoms with Crippen LogP contribution in [0.15, 0.2) is 156 Å². The van der Waals surface area contributed by atoms with Crippen molar-refractivity contribution in [2.45, 2.75) is 0 Å². The van der Waals surface area contributed by atoms with E-state index in [-0.39, 0.29) is 40.7 Å². The summed E-state index contributed by atoms with van der Waals surface area (Å²) >= 11 is 0. The molecular formula is C39H25N3O. The maximum absolute atomic E-state index is 8.76. The van der Waals surface area contributed by atoms with E-state index in [1.165, 1.54) is 0 Å². The van der Waals surface area contributed by atoms with Crippen molar-refractivity contribution in [3.8, 4) is 56.4 Å². The molecule has 0 aliphatic carbocycles. The van der Waals surface area contributed by atoms with Gasteiger partial charge in [0.05, 0.1) is 13.7 Å². The van der Waals surface area contributed by atoms with E-state index in [4.69, 9.17) is 23.1 Å². The maximum Gasteiger partial charge on any atom is 0.164 e. The molecule has 0 atom stereocenters. The molecule has 0 saturated carbocycles. The first-order valence-electron chi connectivity index (χ1n) is 18.5. The number of furan rings is 1. The van der Waals surface area contributed by atoms with Crippen LogP contribution in [0.3, 0.4) is 0 Å². The van der Waals surface area contributed by atoms with Gasteiger partial charge in [0, 0.05) is 33.0 Å². The van der Waals surface area contributed by atoms with Gasteiger partial charge in [-0.15, -0.1) is 0 Å². The van der Waals surface area contributed by atoms with Crippen molar-refractivity contribution in [3.63, 3.8) is 0 Å². The van der Waals surface area contributed by atoms with Gasteiger partial charge in [0.15, 0.2) is 17.5 Å². The van der Waals surface area contributed by atoms with Crippen LogP contribution in [-0.4, -0.2) is 15.0 Å². The summed E-state index contributed by atoms with van der Waals surface area (Å²) in [5, 5.41) is 1.33. The molecule has 0 aliphatic rings. The van der Waals surface area contributed by atoms with E-state index in [1.807, 2.05) is 48.5 Å². The number of nitrogens with zero attached hydrogens (tertiary/aromatic N) is 3. The third kappa shape index (κ3) is 4.65. The zero-order valence-corrected chi connectivity index (χ0v) is 22.4. The Morgan fingerprint density at radius 1 is 0.442 bits per heavy atom. The molecule has 8 aromatic rings. The summed E-state index contributed by atoms with van der Waals surface area (Å²) in [5.41, 5.74) is 3.56. The lowest BCUT2D eigenvalue weighted by molar-refractivity contribution is 0.670. The largest absolute Gasteiger partial charge is 0.455 e. The van der Waals surface area contributed by atoms with Gasteiger partial charge in [0.25, 0.3) is 0 Å². The van der Waals surface area contributed by atoms with E-state index in [1.54, 1.807) is 42.5 Å². The minimum atomic E-state index is -0.532. The molecule has 6 aromatic carbocycles. The molecule has 0 radical (unpaired) electrons. The Kier molecular flexibility index (Phi) is 4.04. The second-order valence-electron chi connectivity index (χ2n) is 9.75. The van der Waals surface area contributed by atoms with Gasteiger partial charge in [-0.2, -0.15) is 0 Å². The van der Waals surface area contributed by atoms with Crippen LogP contribution in [0.4, 0.5) is 0 Å². The number of hydrogen-bond acceptors (Lipinski definition) is 4. The standard InChI is InChI=1S/C39H25N3O/c1-5-13-26(14-6-1)31-23-33(27-15-7-2-8-16-27)36-34(24-31)32-22-21-30(25-35(32)43-36)39-41-37(28-17-9-3-10-18-28)40-38(42-39)29-19-11-4-12-20-29/h1-25H/i2D,3D,7D,8D,9D,10D,15D,16D,17D,18D. The van der Waals surface area contributed by atoms with Crippen LogP contribution < -0.4 is 0 Å². The summed E-state index contributed by atoms with van der Waals surface area (Å²) in [7, 11) is 0. The molecular weight excluding hydrogens is 526 g/mol. The van der Waals surface area contributed by atoms with Crippen molar-refractivity contribution in [3.05, 3.63) is 151 Å². The van der Waals surface area contributed by atoms with Gasteiger partial charge in [-0.25, -0.2) is 15.0 Å². The first-order valence-corrected chi connectivity index (χ1v) is 13.5. The van der Waals surface area contributed by atoms with Crippen LogP contribution in [0.1, 0.15) is 13.7 Å². The molecule has 8 rings (SSSR count). The Labute approximate surface area is 263 Å². The Morgan fingerprint density at radius 2 is 1.02 bits per heavy atom. The van der Waals surface area contributed by atoms with E-state index >= 15 is 0 Å². The van der Waals surface area contributed by atoms with Gasteiger partial charge in [-0.1, -0.05) is 127 Å². The lowest BCUT2D eigenvalue weighted by atomic mass is 9.95. The number of benzene rings is 6. The highest BCUT2D eigenvalue weighted by Gasteiger charge is 2.17. The SMILES string of the molecule is [2H]c1c([2H])c([2H])c(-c2nc(-c3ccccc3)nc(-c3ccc4c(c3)oc3c(-c5c([2H])c([2H])c([2H])c([2H])c5[2H])cc(-c5ccccc5)cc34)n2)c([2H])c1[2H]. The summed E-state index contributed by atoms with van der Waals surface area (Å²) in [5.74, 6) is 0.267. The highest BCUT2D eigenvalue weighted by Crippen LogP contribution is 2.40. The molecule has 0 amide bonds. The average Bonchev–Trinajstić information content (AvgIpc) is 3.56. The fourth-order valence-electron chi connectivity index (χ4n) is 5.08. The smallest absolute Gasteiger partial charge is 0.164 e. The second-order valence-corrected chi connectivity index (χ2v) is 9.75. The molecule has 0 fully saturated rings. The molecule has 0 unspecified atom stereocenters. The van der Waals surface area contributed by atoms with Crippen LogP contribution in [0, 0.1) is 0 Å². The molecule has 0 N–H and O–H groups in total. The molecule has 4 nitrogen and oxygen atoms in total. The Bertz CT molecular complexity index is 2730. The normalized spacial score (nSPS) is 14.5. The molecule has 0 spiro atoms. The molecule has 202 valence electrons. The highest BCUT2D eigenvalue weighted by atomic mass is 16.3. The lowest BCUT2D eigenvalue weighted by Crippen LogP contribution is -2.00. The van der Waals surface area contributed by atoms with Crippen molar-refractivity contribution < 1.29 is 18.1 Å². The van der Waals surface area contributed by atoms with E-state index in [0.717, 1.165) is 11.1 Å². The zero-order chi connectivity index (χ0) is 37.3. The van der Waals surface area contributed by atoms with E-state index in [2.05, 4.69) is 9.97 Å². The first kappa shape index (κ1) is 16.5. The van der Waals surface area contributed by atoms with Crippen LogP contribution in [-0.2, 0) is 0 Å². The Balaban J connectivity index is 1.39. The van der Waals surface area contributed by atoms with Crippen molar-refractivity contribution in [1.82, 2.24) is 15.0 Å². The quantitative estimate of drug-likeness (QED) is 0.210. The van der Waals surface area contributed by atoms with Gasteiger partial charge in [-0.05, 0) is 41.0 Å². The van der Waals surface area contributed by atoms with Crippen molar-refractivity contribution in [1.29, 1.82) is 0 Å². The van der Waals surface area contributed by atoms with Crippen molar-refractivity contribution >= 4 is 21.9 Å². The summed E-state index contributed by atoms with van der Waals surface area (Å²) in [6.45, 7) is 0. The summed E-state index contributed by atoms with van der Waals surface area (Å²) in [6, 6.07) is 22.9. The van der Waals surface area contributed by atoms with Gasteiger partial charge >= 0.3 is 0 Å². The second kappa shape index (κ2) is 10.5. The Hall–Kier alpha value is -5.87. The molecule has 0 saturated heterocycles. The molecule has 0 aliphatic heterocycles. The summed E-state index contributed by atoms with van der Waals surface area (Å²) in [6.07, 6.45) is 0. The minimum absolute atomic E-state index is 0.00583. The zero-order valence-electron chi connectivity index (χ0n) is 32.4. The van der Waals surface area contributed by atoms with Gasteiger partial charge in [-0.3, -0.25) is 0 Å². The molecule has 43 heavy (non-hydrogen) atoms. The number of fused-ring (bicyclic) bond motifs is 3. The highest BCUT2D eigenvalue weighted by molar-refractivity contribution is 6.12. The van der Waals surface area contributed by atoms with Crippen molar-refractivity contribution in [2.24, 2.45) is 0 Å². The predicted octanol–water partition coefficient (Wildman–Crippen LogP) is 10.1. The van der Waals surface area contributed by atoms with Crippen LogP contribution >= 0.6 is 0 Å². The van der Waals surface area contributed by atoms with Gasteiger partial charge < -0.3 is 4.42 Å². The Morgan fingerprint density at radius 3 is 1.70 bits per heavy atom. The molecule has 2 heterocycles. The number of rotatable bonds is 5. The monoisotopic (exact) mass is 561 g/mol. The fourth-order valence-corrected chi connectivity index (χ4v) is 5.08. The fraction of sp³-hybridized carbons (Fsp3) is 0. The third-order valence-electron chi connectivity index (χ3n) is 7.10. The minimum Gasteiger partial charge on any atom is -0.455 e. The van der Waals surface area contributed by atoms with E-state index < -0.39 is 48.3 Å². The summed E-state index contributed by atoms with van der Waals surface area (Å²) in [4.78, 5) is 13.9. The van der Waals surface area contributed by atoms with E-state index in [9.17, 15) is 0 Å². The molecule has 0 bridgehead atoms. The number of aromatic nitrogens is 3. The first-order chi connectivity index (χ1) is 25.4. The average molecular weight is 562 g/mol. The van der Waals surface area contributed by atoms with Crippen LogP contribution in [0.5, 0.6) is 0 Å². The number of hydrogen-bond donors (Lipinski definition) is 0. The maximum atomic E-state index is 8.76. The topological polar surface area (TPSA) is 51.8 Å².